The molecule has 4 heteroatoms. The molecule has 136 valence electrons. The molecule has 0 saturated heterocycles. The van der Waals surface area contributed by atoms with Crippen molar-refractivity contribution in [2.45, 2.75) is 51.0 Å². The standard InChI is InChI=1S/C21H28O3S/c1-16-14-20(24-5)13-12-19(16)11-10-17-6-8-18(9-7-17)15-25(22,23)21(2,3)4/h6-9,12-14H,10-11,15H2,1-5H3. The Labute approximate surface area is 152 Å². The molecule has 0 aromatic heterocycles. The Kier molecular flexibility index (Phi) is 5.94. The maximum absolute atomic E-state index is 12.3. The highest BCUT2D eigenvalue weighted by molar-refractivity contribution is 7.91. The fourth-order valence-corrected chi connectivity index (χ4v) is 3.66. The molecule has 0 spiro atoms. The number of hydrogen-bond acceptors (Lipinski definition) is 3. The van der Waals surface area contributed by atoms with Crippen molar-refractivity contribution in [3.63, 3.8) is 0 Å². The smallest absolute Gasteiger partial charge is 0.159 e. The molecular weight excluding hydrogens is 332 g/mol. The first-order chi connectivity index (χ1) is 11.6. The SMILES string of the molecule is COc1ccc(CCc2ccc(CS(=O)(=O)C(C)(C)C)cc2)c(C)c1. The molecule has 0 aliphatic rings. The maximum Gasteiger partial charge on any atom is 0.159 e. The van der Waals surface area contributed by atoms with Crippen LogP contribution in [0.4, 0.5) is 0 Å². The van der Waals surface area contributed by atoms with Crippen molar-refractivity contribution in [1.29, 1.82) is 0 Å². The Morgan fingerprint density at radius 3 is 2.04 bits per heavy atom. The molecular formula is C21H28O3S. The first kappa shape index (κ1) is 19.5. The summed E-state index contributed by atoms with van der Waals surface area (Å²) in [6, 6.07) is 14.1. The number of methoxy groups -OCH3 is 1. The van der Waals surface area contributed by atoms with Gasteiger partial charge in [-0.2, -0.15) is 0 Å². The summed E-state index contributed by atoms with van der Waals surface area (Å²) in [5, 5.41) is 0. The molecule has 0 atom stereocenters. The number of rotatable bonds is 6. The molecule has 0 amide bonds. The van der Waals surface area contributed by atoms with E-state index in [1.807, 2.05) is 30.3 Å². The lowest BCUT2D eigenvalue weighted by molar-refractivity contribution is 0.414. The van der Waals surface area contributed by atoms with Crippen LogP contribution in [-0.4, -0.2) is 20.3 Å². The zero-order chi connectivity index (χ0) is 18.7. The molecule has 2 rings (SSSR count). The Morgan fingerprint density at radius 2 is 1.52 bits per heavy atom. The van der Waals surface area contributed by atoms with Crippen LogP contribution in [0.15, 0.2) is 42.5 Å². The average molecular weight is 361 g/mol. The van der Waals surface area contributed by atoms with Crippen molar-refractivity contribution in [3.05, 3.63) is 64.7 Å². The highest BCUT2D eigenvalue weighted by atomic mass is 32.2. The molecule has 0 aliphatic heterocycles. The summed E-state index contributed by atoms with van der Waals surface area (Å²) in [4.78, 5) is 0. The lowest BCUT2D eigenvalue weighted by atomic mass is 10.00. The van der Waals surface area contributed by atoms with E-state index in [2.05, 4.69) is 19.1 Å². The summed E-state index contributed by atoms with van der Waals surface area (Å²) in [7, 11) is -1.47. The largest absolute Gasteiger partial charge is 0.497 e. The first-order valence-corrected chi connectivity index (χ1v) is 10.2. The van der Waals surface area contributed by atoms with E-state index in [1.54, 1.807) is 27.9 Å². The van der Waals surface area contributed by atoms with E-state index < -0.39 is 14.6 Å². The number of benzene rings is 2. The maximum atomic E-state index is 12.3. The van der Waals surface area contributed by atoms with Gasteiger partial charge in [-0.15, -0.1) is 0 Å². The third-order valence-corrected chi connectivity index (χ3v) is 7.12. The quantitative estimate of drug-likeness (QED) is 0.762. The molecule has 0 radical (unpaired) electrons. The highest BCUT2D eigenvalue weighted by Crippen LogP contribution is 2.22. The van der Waals surface area contributed by atoms with Gasteiger partial charge in [0.05, 0.1) is 17.6 Å². The second-order valence-electron chi connectivity index (χ2n) is 7.48. The van der Waals surface area contributed by atoms with Crippen LogP contribution < -0.4 is 4.74 Å². The summed E-state index contributed by atoms with van der Waals surface area (Å²) in [6.45, 7) is 7.33. The summed E-state index contributed by atoms with van der Waals surface area (Å²) >= 11 is 0. The van der Waals surface area contributed by atoms with Crippen LogP contribution in [0.5, 0.6) is 5.75 Å². The van der Waals surface area contributed by atoms with Crippen LogP contribution in [0.2, 0.25) is 0 Å². The third kappa shape index (κ3) is 5.08. The molecule has 0 heterocycles. The third-order valence-electron chi connectivity index (χ3n) is 4.55. The summed E-state index contributed by atoms with van der Waals surface area (Å²) < 4.78 is 29.1. The summed E-state index contributed by atoms with van der Waals surface area (Å²) in [5.41, 5.74) is 4.60. The highest BCUT2D eigenvalue weighted by Gasteiger charge is 2.28. The van der Waals surface area contributed by atoms with Gasteiger partial charge in [-0.05, 0) is 74.9 Å². The van der Waals surface area contributed by atoms with Crippen molar-refractivity contribution in [2.24, 2.45) is 0 Å². The second-order valence-corrected chi connectivity index (χ2v) is 10.2. The van der Waals surface area contributed by atoms with Gasteiger partial charge < -0.3 is 4.74 Å². The van der Waals surface area contributed by atoms with Gasteiger partial charge in [0.1, 0.15) is 5.75 Å². The molecule has 0 aliphatic carbocycles. The minimum atomic E-state index is -3.14. The fraction of sp³-hybridized carbons (Fsp3) is 0.429. The van der Waals surface area contributed by atoms with Crippen LogP contribution in [0.25, 0.3) is 0 Å². The fourth-order valence-electron chi connectivity index (χ4n) is 2.59. The van der Waals surface area contributed by atoms with Gasteiger partial charge >= 0.3 is 0 Å². The molecule has 0 unspecified atom stereocenters. The molecule has 3 nitrogen and oxygen atoms in total. The Balaban J connectivity index is 2.01. The van der Waals surface area contributed by atoms with E-state index in [4.69, 9.17) is 4.74 Å². The van der Waals surface area contributed by atoms with E-state index in [0.717, 1.165) is 24.2 Å². The average Bonchev–Trinajstić information content (AvgIpc) is 2.53. The summed E-state index contributed by atoms with van der Waals surface area (Å²) in [5.74, 6) is 0.972. The molecule has 2 aromatic rings. The number of ether oxygens (including phenoxy) is 1. The van der Waals surface area contributed by atoms with Gasteiger partial charge in [0.15, 0.2) is 9.84 Å². The molecule has 2 aromatic carbocycles. The van der Waals surface area contributed by atoms with Gasteiger partial charge in [-0.25, -0.2) is 8.42 Å². The van der Waals surface area contributed by atoms with E-state index in [-0.39, 0.29) is 5.75 Å². The van der Waals surface area contributed by atoms with Crippen LogP contribution >= 0.6 is 0 Å². The van der Waals surface area contributed by atoms with Crippen molar-refractivity contribution in [1.82, 2.24) is 0 Å². The molecule has 25 heavy (non-hydrogen) atoms. The minimum Gasteiger partial charge on any atom is -0.497 e. The van der Waals surface area contributed by atoms with Crippen LogP contribution in [0.3, 0.4) is 0 Å². The van der Waals surface area contributed by atoms with Gasteiger partial charge in [0.2, 0.25) is 0 Å². The van der Waals surface area contributed by atoms with E-state index >= 15 is 0 Å². The number of sulfone groups is 1. The Morgan fingerprint density at radius 1 is 0.920 bits per heavy atom. The lowest BCUT2D eigenvalue weighted by Crippen LogP contribution is -2.29. The second kappa shape index (κ2) is 7.61. The van der Waals surface area contributed by atoms with Crippen molar-refractivity contribution in [3.8, 4) is 5.75 Å². The van der Waals surface area contributed by atoms with Crippen LogP contribution in [0.1, 0.15) is 43.0 Å². The van der Waals surface area contributed by atoms with Crippen molar-refractivity contribution >= 4 is 9.84 Å². The predicted octanol–water partition coefficient (Wildman–Crippen LogP) is 4.50. The molecule has 0 bridgehead atoms. The van der Waals surface area contributed by atoms with E-state index in [1.165, 1.54) is 16.7 Å². The summed E-state index contributed by atoms with van der Waals surface area (Å²) in [6.07, 6.45) is 1.88. The van der Waals surface area contributed by atoms with Crippen LogP contribution in [-0.2, 0) is 28.4 Å². The van der Waals surface area contributed by atoms with E-state index in [0.29, 0.717) is 0 Å². The number of aryl methyl sites for hydroxylation is 3. The van der Waals surface area contributed by atoms with Gasteiger partial charge in [0.25, 0.3) is 0 Å². The number of hydrogen-bond donors (Lipinski definition) is 0. The van der Waals surface area contributed by atoms with Gasteiger partial charge in [-0.3, -0.25) is 0 Å². The topological polar surface area (TPSA) is 43.4 Å². The first-order valence-electron chi connectivity index (χ1n) is 8.56. The molecule has 0 N–H and O–H groups in total. The lowest BCUT2D eigenvalue weighted by Gasteiger charge is -2.19. The van der Waals surface area contributed by atoms with E-state index in [9.17, 15) is 8.42 Å². The van der Waals surface area contributed by atoms with Gasteiger partial charge in [-0.1, -0.05) is 30.3 Å². The van der Waals surface area contributed by atoms with Gasteiger partial charge in [0, 0.05) is 0 Å². The van der Waals surface area contributed by atoms with Crippen molar-refractivity contribution < 1.29 is 13.2 Å². The minimum absolute atomic E-state index is 0.0916. The molecule has 0 saturated carbocycles. The predicted molar refractivity (Wildman–Crippen MR) is 104 cm³/mol. The zero-order valence-electron chi connectivity index (χ0n) is 15.8. The molecule has 0 fully saturated rings. The Hall–Kier alpha value is -1.81. The zero-order valence-corrected chi connectivity index (χ0v) is 16.6. The van der Waals surface area contributed by atoms with Crippen molar-refractivity contribution in [2.75, 3.05) is 7.11 Å². The normalized spacial score (nSPS) is 12.2. The monoisotopic (exact) mass is 360 g/mol. The van der Waals surface area contributed by atoms with Crippen LogP contribution in [0, 0.1) is 6.92 Å². The Bertz CT molecular complexity index is 813.